The minimum absolute atomic E-state index is 0.234. The third-order valence-electron chi connectivity index (χ3n) is 3.87. The predicted octanol–water partition coefficient (Wildman–Crippen LogP) is 3.85. The van der Waals surface area contributed by atoms with Crippen molar-refractivity contribution in [2.45, 2.75) is 13.0 Å². The zero-order chi connectivity index (χ0) is 19.1. The SMILES string of the molecule is O=C(NCCc1cccc(Cl)c1)c1cnc(NCc2ccc(F)cc2)nc1. The quantitative estimate of drug-likeness (QED) is 0.649. The van der Waals surface area contributed by atoms with Crippen LogP contribution in [0.4, 0.5) is 10.3 Å². The van der Waals surface area contributed by atoms with E-state index in [1.54, 1.807) is 12.1 Å². The predicted molar refractivity (Wildman–Crippen MR) is 103 cm³/mol. The van der Waals surface area contributed by atoms with Crippen LogP contribution in [0, 0.1) is 5.82 Å². The van der Waals surface area contributed by atoms with Gasteiger partial charge < -0.3 is 10.6 Å². The van der Waals surface area contributed by atoms with Crippen LogP contribution in [0.25, 0.3) is 0 Å². The summed E-state index contributed by atoms with van der Waals surface area (Å²) in [5.74, 6) is -0.113. The van der Waals surface area contributed by atoms with Crippen molar-refractivity contribution in [1.82, 2.24) is 15.3 Å². The molecule has 2 aromatic carbocycles. The Hall–Kier alpha value is -2.99. The molecular formula is C20H18ClFN4O. The van der Waals surface area contributed by atoms with E-state index < -0.39 is 0 Å². The average molecular weight is 385 g/mol. The molecule has 3 rings (SSSR count). The van der Waals surface area contributed by atoms with E-state index in [0.29, 0.717) is 36.0 Å². The average Bonchev–Trinajstić information content (AvgIpc) is 2.68. The Bertz CT molecular complexity index is 901. The van der Waals surface area contributed by atoms with Crippen LogP contribution in [0.15, 0.2) is 60.9 Å². The minimum Gasteiger partial charge on any atom is -0.352 e. The molecule has 1 amide bonds. The smallest absolute Gasteiger partial charge is 0.254 e. The summed E-state index contributed by atoms with van der Waals surface area (Å²) in [5, 5.41) is 6.54. The van der Waals surface area contributed by atoms with Crippen molar-refractivity contribution < 1.29 is 9.18 Å². The third kappa shape index (κ3) is 5.76. The highest BCUT2D eigenvalue weighted by Crippen LogP contribution is 2.11. The Labute approximate surface area is 161 Å². The summed E-state index contributed by atoms with van der Waals surface area (Å²) >= 11 is 5.94. The molecule has 1 heterocycles. The number of nitrogens with one attached hydrogen (secondary N) is 2. The van der Waals surface area contributed by atoms with Gasteiger partial charge in [0.05, 0.1) is 5.56 Å². The van der Waals surface area contributed by atoms with Crippen LogP contribution < -0.4 is 10.6 Å². The summed E-state index contributed by atoms with van der Waals surface area (Å²) in [6.07, 6.45) is 3.62. The maximum Gasteiger partial charge on any atom is 0.254 e. The van der Waals surface area contributed by atoms with Gasteiger partial charge in [-0.3, -0.25) is 4.79 Å². The number of benzene rings is 2. The number of hydrogen-bond acceptors (Lipinski definition) is 4. The molecule has 0 saturated carbocycles. The molecule has 1 aromatic heterocycles. The van der Waals surface area contributed by atoms with Gasteiger partial charge in [-0.05, 0) is 41.8 Å². The lowest BCUT2D eigenvalue weighted by Gasteiger charge is -2.07. The van der Waals surface area contributed by atoms with Gasteiger partial charge in [0.1, 0.15) is 5.82 Å². The standard InChI is InChI=1S/C20H18ClFN4O/c21-17-3-1-2-14(10-17)8-9-23-19(27)16-12-25-20(26-13-16)24-11-15-4-6-18(22)7-5-15/h1-7,10,12-13H,8-9,11H2,(H,23,27)(H,24,25,26). The first-order chi connectivity index (χ1) is 13.1. The van der Waals surface area contributed by atoms with Crippen LogP contribution in [0.1, 0.15) is 21.5 Å². The topological polar surface area (TPSA) is 66.9 Å². The lowest BCUT2D eigenvalue weighted by atomic mass is 10.1. The number of amides is 1. The van der Waals surface area contributed by atoms with E-state index in [2.05, 4.69) is 20.6 Å². The van der Waals surface area contributed by atoms with E-state index in [1.165, 1.54) is 24.5 Å². The first-order valence-electron chi connectivity index (χ1n) is 8.43. The number of nitrogens with zero attached hydrogens (tertiary/aromatic N) is 2. The summed E-state index contributed by atoms with van der Waals surface area (Å²) < 4.78 is 12.9. The Kier molecular flexibility index (Phi) is 6.33. The van der Waals surface area contributed by atoms with Crippen LogP contribution in [-0.2, 0) is 13.0 Å². The fourth-order valence-electron chi connectivity index (χ4n) is 2.43. The van der Waals surface area contributed by atoms with E-state index >= 15 is 0 Å². The van der Waals surface area contributed by atoms with Crippen LogP contribution in [0.3, 0.4) is 0 Å². The molecule has 0 spiro atoms. The molecule has 5 nitrogen and oxygen atoms in total. The van der Waals surface area contributed by atoms with Crippen molar-refractivity contribution in [1.29, 1.82) is 0 Å². The van der Waals surface area contributed by atoms with Gasteiger partial charge in [0, 0.05) is 30.5 Å². The monoisotopic (exact) mass is 384 g/mol. The minimum atomic E-state index is -0.277. The highest BCUT2D eigenvalue weighted by molar-refractivity contribution is 6.30. The number of carbonyl (C=O) groups excluding carboxylic acids is 1. The van der Waals surface area contributed by atoms with Crippen molar-refractivity contribution in [3.63, 3.8) is 0 Å². The van der Waals surface area contributed by atoms with Crippen molar-refractivity contribution >= 4 is 23.5 Å². The highest BCUT2D eigenvalue weighted by Gasteiger charge is 2.07. The fourth-order valence-corrected chi connectivity index (χ4v) is 2.65. The summed E-state index contributed by atoms with van der Waals surface area (Å²) in [6.45, 7) is 0.954. The van der Waals surface area contributed by atoms with E-state index in [-0.39, 0.29) is 11.7 Å². The number of anilines is 1. The van der Waals surface area contributed by atoms with Crippen LogP contribution in [-0.4, -0.2) is 22.4 Å². The molecule has 0 atom stereocenters. The van der Waals surface area contributed by atoms with Gasteiger partial charge in [-0.1, -0.05) is 35.9 Å². The van der Waals surface area contributed by atoms with E-state index in [9.17, 15) is 9.18 Å². The lowest BCUT2D eigenvalue weighted by Crippen LogP contribution is -2.26. The van der Waals surface area contributed by atoms with Crippen LogP contribution >= 0.6 is 11.6 Å². The first kappa shape index (κ1) is 18.8. The Morgan fingerprint density at radius 3 is 2.48 bits per heavy atom. The number of carbonyl (C=O) groups is 1. The maximum absolute atomic E-state index is 12.9. The van der Waals surface area contributed by atoms with E-state index in [4.69, 9.17) is 11.6 Å². The number of aromatic nitrogens is 2. The lowest BCUT2D eigenvalue weighted by molar-refractivity contribution is 0.0953. The first-order valence-corrected chi connectivity index (χ1v) is 8.81. The normalized spacial score (nSPS) is 10.4. The van der Waals surface area contributed by atoms with Crippen molar-refractivity contribution in [2.75, 3.05) is 11.9 Å². The summed E-state index contributed by atoms with van der Waals surface area (Å²) in [6, 6.07) is 13.7. The number of rotatable bonds is 7. The zero-order valence-electron chi connectivity index (χ0n) is 14.5. The second kappa shape index (κ2) is 9.09. The van der Waals surface area contributed by atoms with E-state index in [1.807, 2.05) is 24.3 Å². The van der Waals surface area contributed by atoms with Crippen LogP contribution in [0.5, 0.6) is 0 Å². The second-order valence-electron chi connectivity index (χ2n) is 5.91. The highest BCUT2D eigenvalue weighted by atomic mass is 35.5. The molecule has 0 fully saturated rings. The molecule has 0 saturated heterocycles. The van der Waals surface area contributed by atoms with Gasteiger partial charge >= 0.3 is 0 Å². The number of hydrogen-bond donors (Lipinski definition) is 2. The Morgan fingerprint density at radius 2 is 1.78 bits per heavy atom. The third-order valence-corrected chi connectivity index (χ3v) is 4.10. The molecule has 2 N–H and O–H groups in total. The van der Waals surface area contributed by atoms with Gasteiger partial charge in [-0.25, -0.2) is 14.4 Å². The van der Waals surface area contributed by atoms with Crippen molar-refractivity contribution in [3.05, 3.63) is 88.5 Å². The Morgan fingerprint density at radius 1 is 1.04 bits per heavy atom. The summed E-state index contributed by atoms with van der Waals surface area (Å²) in [5.41, 5.74) is 2.34. The largest absolute Gasteiger partial charge is 0.352 e. The van der Waals surface area contributed by atoms with Gasteiger partial charge in [0.15, 0.2) is 0 Å². The van der Waals surface area contributed by atoms with Gasteiger partial charge in [0.2, 0.25) is 5.95 Å². The maximum atomic E-state index is 12.9. The summed E-state index contributed by atoms with van der Waals surface area (Å²) in [4.78, 5) is 20.4. The molecule has 0 aliphatic heterocycles. The molecule has 0 radical (unpaired) electrons. The van der Waals surface area contributed by atoms with E-state index in [0.717, 1.165) is 11.1 Å². The van der Waals surface area contributed by atoms with Gasteiger partial charge in [-0.2, -0.15) is 0 Å². The van der Waals surface area contributed by atoms with Crippen molar-refractivity contribution in [2.24, 2.45) is 0 Å². The molecule has 0 aliphatic rings. The second-order valence-corrected chi connectivity index (χ2v) is 6.35. The molecule has 7 heteroatoms. The zero-order valence-corrected chi connectivity index (χ0v) is 15.2. The molecule has 0 bridgehead atoms. The van der Waals surface area contributed by atoms with Gasteiger partial charge in [0.25, 0.3) is 5.91 Å². The fraction of sp³-hybridized carbons (Fsp3) is 0.150. The Balaban J connectivity index is 1.47. The molecule has 0 unspecified atom stereocenters. The molecule has 27 heavy (non-hydrogen) atoms. The molecular weight excluding hydrogens is 367 g/mol. The molecule has 138 valence electrons. The van der Waals surface area contributed by atoms with Crippen molar-refractivity contribution in [3.8, 4) is 0 Å². The number of halogens is 2. The van der Waals surface area contributed by atoms with Gasteiger partial charge in [-0.15, -0.1) is 0 Å². The molecule has 3 aromatic rings. The van der Waals surface area contributed by atoms with Crippen LogP contribution in [0.2, 0.25) is 5.02 Å². The molecule has 0 aliphatic carbocycles. The summed E-state index contributed by atoms with van der Waals surface area (Å²) in [7, 11) is 0.